The van der Waals surface area contributed by atoms with Crippen LogP contribution in [0.4, 0.5) is 11.4 Å². The molecule has 6 heteroatoms. The predicted octanol–water partition coefficient (Wildman–Crippen LogP) is 2.76. The molecule has 2 amide bonds. The molecule has 0 atom stereocenters. The van der Waals surface area contributed by atoms with Gasteiger partial charge in [-0.2, -0.15) is 0 Å². The number of halogens is 1. The summed E-state index contributed by atoms with van der Waals surface area (Å²) in [5, 5.41) is 2.81. The smallest absolute Gasteiger partial charge is 0.244 e. The number of benzene rings is 1. The Morgan fingerprint density at radius 2 is 2.05 bits per heavy atom. The molecule has 0 spiro atoms. The molecule has 0 saturated carbocycles. The number of hydrogen-bond donors (Lipinski definition) is 2. The van der Waals surface area contributed by atoms with Gasteiger partial charge in [-0.05, 0) is 47.0 Å². The third kappa shape index (κ3) is 4.74. The molecule has 1 aliphatic rings. The maximum Gasteiger partial charge on any atom is 0.244 e. The van der Waals surface area contributed by atoms with Crippen molar-refractivity contribution in [3.8, 4) is 0 Å². The van der Waals surface area contributed by atoms with Crippen LogP contribution in [0.2, 0.25) is 0 Å². The van der Waals surface area contributed by atoms with Crippen LogP contribution in [0.25, 0.3) is 0 Å². The average molecular weight is 354 g/mol. The van der Waals surface area contributed by atoms with Crippen LogP contribution < -0.4 is 11.1 Å². The van der Waals surface area contributed by atoms with Crippen molar-refractivity contribution in [2.45, 2.75) is 32.1 Å². The number of nitrogen functional groups attached to an aromatic ring is 1. The van der Waals surface area contributed by atoms with Crippen molar-refractivity contribution in [3.63, 3.8) is 0 Å². The Bertz CT molecular complexity index is 534. The Balaban J connectivity index is 1.95. The van der Waals surface area contributed by atoms with Gasteiger partial charge in [0, 0.05) is 23.1 Å². The Labute approximate surface area is 133 Å². The molecule has 1 aromatic carbocycles. The molecule has 0 bridgehead atoms. The molecule has 1 aromatic rings. The zero-order chi connectivity index (χ0) is 15.2. The van der Waals surface area contributed by atoms with Crippen LogP contribution in [0.3, 0.4) is 0 Å². The number of anilines is 2. The maximum absolute atomic E-state index is 12.1. The second-order valence-corrected chi connectivity index (χ2v) is 6.12. The minimum absolute atomic E-state index is 0.0706. The zero-order valence-electron chi connectivity index (χ0n) is 11.9. The van der Waals surface area contributed by atoms with Crippen LogP contribution in [0, 0.1) is 0 Å². The Morgan fingerprint density at radius 3 is 2.81 bits per heavy atom. The highest BCUT2D eigenvalue weighted by Gasteiger charge is 2.18. The van der Waals surface area contributed by atoms with Crippen molar-refractivity contribution in [2.24, 2.45) is 0 Å². The summed E-state index contributed by atoms with van der Waals surface area (Å²) in [6.07, 6.45) is 4.64. The van der Waals surface area contributed by atoms with E-state index in [0.29, 0.717) is 24.3 Å². The lowest BCUT2D eigenvalue weighted by Crippen LogP contribution is -2.39. The van der Waals surface area contributed by atoms with Gasteiger partial charge in [-0.1, -0.05) is 12.8 Å². The van der Waals surface area contributed by atoms with E-state index in [4.69, 9.17) is 5.73 Å². The lowest BCUT2D eigenvalue weighted by atomic mass is 10.1. The van der Waals surface area contributed by atoms with Gasteiger partial charge in [-0.25, -0.2) is 0 Å². The highest BCUT2D eigenvalue weighted by molar-refractivity contribution is 9.10. The standard InChI is InChI=1S/C15H20BrN3O2/c16-12-9-11(17)6-7-13(12)18-14(20)10-19-8-4-2-1-3-5-15(19)21/h6-7,9H,1-5,8,10,17H2,(H,18,20). The van der Waals surface area contributed by atoms with E-state index in [1.807, 2.05) is 0 Å². The number of carbonyl (C=O) groups excluding carboxylic acids is 2. The summed E-state index contributed by atoms with van der Waals surface area (Å²) in [6, 6.07) is 5.20. The van der Waals surface area contributed by atoms with E-state index >= 15 is 0 Å². The molecule has 1 heterocycles. The fraction of sp³-hybridized carbons (Fsp3) is 0.467. The average Bonchev–Trinajstić information content (AvgIpc) is 2.42. The van der Waals surface area contributed by atoms with Crippen molar-refractivity contribution in [3.05, 3.63) is 22.7 Å². The molecule has 3 N–H and O–H groups in total. The molecule has 0 aromatic heterocycles. The fourth-order valence-electron chi connectivity index (χ4n) is 2.38. The quantitative estimate of drug-likeness (QED) is 0.820. The molecule has 0 radical (unpaired) electrons. The van der Waals surface area contributed by atoms with Gasteiger partial charge in [0.15, 0.2) is 0 Å². The predicted molar refractivity (Wildman–Crippen MR) is 86.8 cm³/mol. The van der Waals surface area contributed by atoms with E-state index in [2.05, 4.69) is 21.2 Å². The SMILES string of the molecule is Nc1ccc(NC(=O)CN2CCCCCCC2=O)c(Br)c1. The number of carbonyl (C=O) groups is 2. The van der Waals surface area contributed by atoms with E-state index in [-0.39, 0.29) is 18.4 Å². The minimum Gasteiger partial charge on any atom is -0.399 e. The molecule has 0 unspecified atom stereocenters. The second kappa shape index (κ2) is 7.45. The summed E-state index contributed by atoms with van der Waals surface area (Å²) in [5.74, 6) is -0.115. The highest BCUT2D eigenvalue weighted by Crippen LogP contribution is 2.24. The van der Waals surface area contributed by atoms with Gasteiger partial charge in [0.2, 0.25) is 11.8 Å². The largest absolute Gasteiger partial charge is 0.399 e. The van der Waals surface area contributed by atoms with Crippen molar-refractivity contribution in [2.75, 3.05) is 24.1 Å². The van der Waals surface area contributed by atoms with E-state index in [0.717, 1.165) is 30.2 Å². The topological polar surface area (TPSA) is 75.4 Å². The highest BCUT2D eigenvalue weighted by atomic mass is 79.9. The van der Waals surface area contributed by atoms with Crippen molar-refractivity contribution >= 4 is 39.1 Å². The molecule has 21 heavy (non-hydrogen) atoms. The maximum atomic E-state index is 12.1. The van der Waals surface area contributed by atoms with Gasteiger partial charge in [0.1, 0.15) is 0 Å². The van der Waals surface area contributed by atoms with Gasteiger partial charge < -0.3 is 16.0 Å². The van der Waals surface area contributed by atoms with Crippen LogP contribution in [0.5, 0.6) is 0 Å². The van der Waals surface area contributed by atoms with Gasteiger partial charge in [-0.3, -0.25) is 9.59 Å². The normalized spacial score (nSPS) is 16.2. The fourth-order valence-corrected chi connectivity index (χ4v) is 2.87. The molecule has 1 saturated heterocycles. The number of nitrogens with zero attached hydrogens (tertiary/aromatic N) is 1. The van der Waals surface area contributed by atoms with Crippen LogP contribution in [0.15, 0.2) is 22.7 Å². The van der Waals surface area contributed by atoms with Gasteiger partial charge in [0.05, 0.1) is 12.2 Å². The number of likely N-dealkylation sites (tertiary alicyclic amines) is 1. The lowest BCUT2D eigenvalue weighted by Gasteiger charge is -2.24. The summed E-state index contributed by atoms with van der Waals surface area (Å²) in [6.45, 7) is 0.769. The third-order valence-electron chi connectivity index (χ3n) is 3.52. The number of amides is 2. The van der Waals surface area contributed by atoms with E-state index in [9.17, 15) is 9.59 Å². The van der Waals surface area contributed by atoms with E-state index < -0.39 is 0 Å². The van der Waals surface area contributed by atoms with Crippen molar-refractivity contribution < 1.29 is 9.59 Å². The number of nitrogens with one attached hydrogen (secondary N) is 1. The Hall–Kier alpha value is -1.56. The number of hydrogen-bond acceptors (Lipinski definition) is 3. The van der Waals surface area contributed by atoms with Crippen LogP contribution >= 0.6 is 15.9 Å². The molecular weight excluding hydrogens is 334 g/mol. The molecular formula is C15H20BrN3O2. The summed E-state index contributed by atoms with van der Waals surface area (Å²) in [4.78, 5) is 25.7. The first-order chi connectivity index (χ1) is 10.1. The van der Waals surface area contributed by atoms with Gasteiger partial charge in [0.25, 0.3) is 0 Å². The summed E-state index contributed by atoms with van der Waals surface area (Å²) >= 11 is 3.36. The second-order valence-electron chi connectivity index (χ2n) is 5.27. The van der Waals surface area contributed by atoms with E-state index in [1.165, 1.54) is 0 Å². The van der Waals surface area contributed by atoms with Gasteiger partial charge >= 0.3 is 0 Å². The molecule has 5 nitrogen and oxygen atoms in total. The van der Waals surface area contributed by atoms with Gasteiger partial charge in [-0.15, -0.1) is 0 Å². The summed E-state index contributed by atoms with van der Waals surface area (Å²) in [7, 11) is 0. The Morgan fingerprint density at radius 1 is 1.29 bits per heavy atom. The number of nitrogens with two attached hydrogens (primary N) is 1. The van der Waals surface area contributed by atoms with Crippen LogP contribution in [-0.2, 0) is 9.59 Å². The third-order valence-corrected chi connectivity index (χ3v) is 4.18. The molecule has 114 valence electrons. The molecule has 0 aliphatic carbocycles. The lowest BCUT2D eigenvalue weighted by molar-refractivity contribution is -0.135. The van der Waals surface area contributed by atoms with E-state index in [1.54, 1.807) is 23.1 Å². The molecule has 1 fully saturated rings. The molecule has 1 aliphatic heterocycles. The number of rotatable bonds is 3. The summed E-state index contributed by atoms with van der Waals surface area (Å²) in [5.41, 5.74) is 6.95. The first-order valence-electron chi connectivity index (χ1n) is 7.19. The Kier molecular flexibility index (Phi) is 5.61. The first kappa shape index (κ1) is 15.8. The molecule has 2 rings (SSSR count). The van der Waals surface area contributed by atoms with Crippen LogP contribution in [-0.4, -0.2) is 29.8 Å². The minimum atomic E-state index is -0.186. The van der Waals surface area contributed by atoms with Crippen molar-refractivity contribution in [1.29, 1.82) is 0 Å². The summed E-state index contributed by atoms with van der Waals surface area (Å²) < 4.78 is 0.731. The first-order valence-corrected chi connectivity index (χ1v) is 7.98. The zero-order valence-corrected chi connectivity index (χ0v) is 13.5. The van der Waals surface area contributed by atoms with Crippen molar-refractivity contribution in [1.82, 2.24) is 4.90 Å². The monoisotopic (exact) mass is 353 g/mol. The van der Waals surface area contributed by atoms with Crippen LogP contribution in [0.1, 0.15) is 32.1 Å².